The van der Waals surface area contributed by atoms with E-state index in [9.17, 15) is 19.2 Å². The number of ketones is 1. The monoisotopic (exact) mass is 453 g/mol. The Kier molecular flexibility index (Phi) is 5.97. The first-order valence-electron chi connectivity index (χ1n) is 11.0. The molecule has 0 amide bonds. The first-order valence-corrected chi connectivity index (χ1v) is 11.0. The zero-order valence-electron chi connectivity index (χ0n) is 19.0. The molecule has 1 aromatic carbocycles. The summed E-state index contributed by atoms with van der Waals surface area (Å²) in [7, 11) is 1.28. The molecular formula is C24H27N3O6. The van der Waals surface area contributed by atoms with Crippen LogP contribution in [0.4, 0.5) is 5.82 Å². The number of fused-ring (bicyclic) bond motifs is 2. The van der Waals surface area contributed by atoms with Gasteiger partial charge in [-0.1, -0.05) is 13.8 Å². The minimum atomic E-state index is -0.812. The molecule has 0 unspecified atom stereocenters. The molecule has 1 aliphatic rings. The molecular weight excluding hydrogens is 426 g/mol. The van der Waals surface area contributed by atoms with Crippen LogP contribution in [0.1, 0.15) is 47.3 Å². The Hall–Kier alpha value is -3.62. The fourth-order valence-corrected chi connectivity index (χ4v) is 4.30. The number of aromatic nitrogens is 2. The van der Waals surface area contributed by atoms with E-state index in [1.54, 1.807) is 0 Å². The predicted octanol–water partition coefficient (Wildman–Crippen LogP) is 1.99. The molecule has 0 radical (unpaired) electrons. The molecule has 9 heteroatoms. The van der Waals surface area contributed by atoms with Crippen LogP contribution in [0.15, 0.2) is 32.4 Å². The lowest BCUT2D eigenvalue weighted by Crippen LogP contribution is -2.43. The number of ether oxygens (including phenoxy) is 1. The number of hydrogen-bond acceptors (Lipinski definition) is 7. The van der Waals surface area contributed by atoms with E-state index < -0.39 is 29.6 Å². The average molecular weight is 453 g/mol. The van der Waals surface area contributed by atoms with Gasteiger partial charge in [-0.25, -0.2) is 4.79 Å². The third kappa shape index (κ3) is 4.22. The first-order chi connectivity index (χ1) is 15.7. The van der Waals surface area contributed by atoms with E-state index in [1.165, 1.54) is 29.0 Å². The molecule has 0 bridgehead atoms. The number of benzene rings is 1. The van der Waals surface area contributed by atoms with E-state index in [0.717, 1.165) is 34.8 Å². The highest BCUT2D eigenvalue weighted by atomic mass is 16.5. The second-order valence-electron chi connectivity index (χ2n) is 8.90. The maximum atomic E-state index is 12.7. The van der Waals surface area contributed by atoms with Crippen molar-refractivity contribution < 1.29 is 18.7 Å². The number of aryl methyl sites for hydroxylation is 2. The van der Waals surface area contributed by atoms with Gasteiger partial charge < -0.3 is 14.9 Å². The van der Waals surface area contributed by atoms with Crippen LogP contribution >= 0.6 is 0 Å². The SMILES string of the molecule is CC(C)Cn1c(N)c(C(=O)COC(=O)Cc2coc3cc4c(cc23)CCC4)c(=O)n(C)c1=O. The van der Waals surface area contributed by atoms with Crippen molar-refractivity contribution >= 4 is 28.5 Å². The molecule has 0 saturated heterocycles. The molecule has 0 aliphatic heterocycles. The van der Waals surface area contributed by atoms with Gasteiger partial charge in [-0.3, -0.25) is 23.5 Å². The summed E-state index contributed by atoms with van der Waals surface area (Å²) in [6.45, 7) is 3.36. The van der Waals surface area contributed by atoms with Crippen LogP contribution in [0.25, 0.3) is 11.0 Å². The van der Waals surface area contributed by atoms with Gasteiger partial charge in [0.2, 0.25) is 5.78 Å². The maximum absolute atomic E-state index is 12.7. The van der Waals surface area contributed by atoms with Crippen LogP contribution in [0.5, 0.6) is 0 Å². The zero-order chi connectivity index (χ0) is 23.9. The van der Waals surface area contributed by atoms with Crippen molar-refractivity contribution in [2.24, 2.45) is 13.0 Å². The molecule has 174 valence electrons. The topological polar surface area (TPSA) is 127 Å². The van der Waals surface area contributed by atoms with Gasteiger partial charge in [0.15, 0.2) is 6.61 Å². The number of hydrogen-bond donors (Lipinski definition) is 1. The van der Waals surface area contributed by atoms with E-state index in [1.807, 2.05) is 19.9 Å². The van der Waals surface area contributed by atoms with Crippen molar-refractivity contribution in [3.05, 3.63) is 61.5 Å². The summed E-state index contributed by atoms with van der Waals surface area (Å²) < 4.78 is 12.8. The van der Waals surface area contributed by atoms with Crippen LogP contribution in [0, 0.1) is 5.92 Å². The Morgan fingerprint density at radius 1 is 1.18 bits per heavy atom. The van der Waals surface area contributed by atoms with Crippen LogP contribution in [0.3, 0.4) is 0 Å². The van der Waals surface area contributed by atoms with Crippen LogP contribution in [0.2, 0.25) is 0 Å². The summed E-state index contributed by atoms with van der Waals surface area (Å²) in [5, 5.41) is 0.859. The molecule has 3 aromatic rings. The second-order valence-corrected chi connectivity index (χ2v) is 8.90. The second kappa shape index (κ2) is 8.73. The van der Waals surface area contributed by atoms with Gasteiger partial charge in [0.05, 0.1) is 12.7 Å². The number of carbonyl (C=O) groups excluding carboxylic acids is 2. The van der Waals surface area contributed by atoms with E-state index in [4.69, 9.17) is 14.9 Å². The Bertz CT molecular complexity index is 1380. The average Bonchev–Trinajstić information content (AvgIpc) is 3.38. The van der Waals surface area contributed by atoms with Crippen molar-refractivity contribution in [1.29, 1.82) is 0 Å². The van der Waals surface area contributed by atoms with Crippen LogP contribution < -0.4 is 17.0 Å². The molecule has 1 aliphatic carbocycles. The minimum absolute atomic E-state index is 0.0642. The quantitative estimate of drug-likeness (QED) is 0.428. The fourth-order valence-electron chi connectivity index (χ4n) is 4.30. The molecule has 0 spiro atoms. The zero-order valence-corrected chi connectivity index (χ0v) is 19.0. The van der Waals surface area contributed by atoms with E-state index in [2.05, 4.69) is 6.07 Å². The number of nitrogen functional groups attached to an aromatic ring is 1. The third-order valence-corrected chi connectivity index (χ3v) is 5.98. The number of carbonyl (C=O) groups is 2. The molecule has 0 saturated carbocycles. The van der Waals surface area contributed by atoms with Crippen molar-refractivity contribution in [1.82, 2.24) is 9.13 Å². The highest BCUT2D eigenvalue weighted by Crippen LogP contribution is 2.30. The molecule has 0 fully saturated rings. The first kappa shape index (κ1) is 22.6. The van der Waals surface area contributed by atoms with Gasteiger partial charge >= 0.3 is 11.7 Å². The maximum Gasteiger partial charge on any atom is 0.332 e. The Morgan fingerprint density at radius 3 is 2.58 bits per heavy atom. The standard InChI is InChI=1S/C24H27N3O6/c1-13(2)10-27-22(25)21(23(30)26(3)24(27)31)18(28)12-33-20(29)9-16-11-32-19-8-15-6-4-5-14(15)7-17(16)19/h7-8,11,13H,4-6,9-10,12,25H2,1-3H3. The fraction of sp³-hybridized carbons (Fsp3) is 0.417. The Labute approximate surface area is 189 Å². The van der Waals surface area contributed by atoms with Gasteiger partial charge in [0, 0.05) is 24.5 Å². The number of nitrogens with two attached hydrogens (primary N) is 1. The summed E-state index contributed by atoms with van der Waals surface area (Å²) in [5.41, 5.74) is 8.17. The lowest BCUT2D eigenvalue weighted by atomic mass is 10.0. The van der Waals surface area contributed by atoms with Gasteiger partial charge in [0.1, 0.15) is 17.0 Å². The van der Waals surface area contributed by atoms with E-state index in [-0.39, 0.29) is 30.3 Å². The van der Waals surface area contributed by atoms with Crippen molar-refractivity contribution in [2.75, 3.05) is 12.3 Å². The largest absolute Gasteiger partial charge is 0.464 e. The highest BCUT2D eigenvalue weighted by molar-refractivity contribution is 6.01. The normalized spacial score (nSPS) is 13.0. The third-order valence-electron chi connectivity index (χ3n) is 5.98. The molecule has 2 N–H and O–H groups in total. The van der Waals surface area contributed by atoms with Crippen LogP contribution in [-0.2, 0) is 42.4 Å². The molecule has 2 heterocycles. The summed E-state index contributed by atoms with van der Waals surface area (Å²) in [6.07, 6.45) is 4.59. The number of anilines is 1. The summed E-state index contributed by atoms with van der Waals surface area (Å²) >= 11 is 0. The van der Waals surface area contributed by atoms with E-state index in [0.29, 0.717) is 5.56 Å². The molecule has 2 aromatic heterocycles. The number of furan rings is 1. The summed E-state index contributed by atoms with van der Waals surface area (Å²) in [5.74, 6) is -1.53. The van der Waals surface area contributed by atoms with Gasteiger partial charge in [-0.15, -0.1) is 0 Å². The lowest BCUT2D eigenvalue weighted by Gasteiger charge is -2.16. The predicted molar refractivity (Wildman–Crippen MR) is 122 cm³/mol. The van der Waals surface area contributed by atoms with Gasteiger partial charge in [-0.2, -0.15) is 0 Å². The smallest absolute Gasteiger partial charge is 0.332 e. The summed E-state index contributed by atoms with van der Waals surface area (Å²) in [4.78, 5) is 50.1. The number of Topliss-reactive ketones (excluding diaryl/α,β-unsaturated/α-hetero) is 1. The number of esters is 1. The van der Waals surface area contributed by atoms with Crippen molar-refractivity contribution in [3.63, 3.8) is 0 Å². The van der Waals surface area contributed by atoms with Crippen LogP contribution in [-0.4, -0.2) is 27.5 Å². The van der Waals surface area contributed by atoms with Crippen molar-refractivity contribution in [3.8, 4) is 0 Å². The Balaban J connectivity index is 1.50. The number of rotatable bonds is 7. The molecule has 4 rings (SSSR count). The lowest BCUT2D eigenvalue weighted by molar-refractivity contribution is -0.141. The molecule has 33 heavy (non-hydrogen) atoms. The van der Waals surface area contributed by atoms with Gasteiger partial charge in [-0.05, 0) is 48.4 Å². The summed E-state index contributed by atoms with van der Waals surface area (Å²) in [6, 6.07) is 4.07. The molecule has 0 atom stereocenters. The minimum Gasteiger partial charge on any atom is -0.464 e. The Morgan fingerprint density at radius 2 is 1.88 bits per heavy atom. The van der Waals surface area contributed by atoms with Crippen molar-refractivity contribution in [2.45, 2.75) is 46.1 Å². The van der Waals surface area contributed by atoms with Gasteiger partial charge in [0.25, 0.3) is 5.56 Å². The van der Waals surface area contributed by atoms with E-state index >= 15 is 0 Å². The highest BCUT2D eigenvalue weighted by Gasteiger charge is 2.23. The molecule has 9 nitrogen and oxygen atoms in total. The number of nitrogens with zero attached hydrogens (tertiary/aromatic N) is 2.